The molecule has 0 amide bonds. The normalized spacial score (nSPS) is 14.3. The van der Waals surface area contributed by atoms with Crippen LogP contribution in [0.2, 0.25) is 0 Å². The number of carbonyl (C=O) groups excluding carboxylic acids is 2. The highest BCUT2D eigenvalue weighted by molar-refractivity contribution is 5.99. The van der Waals surface area contributed by atoms with E-state index >= 15 is 0 Å². The zero-order valence-electron chi connectivity index (χ0n) is 23.2. The van der Waals surface area contributed by atoms with Crippen molar-refractivity contribution >= 4 is 11.9 Å². The molecule has 0 radical (unpaired) electrons. The monoisotopic (exact) mass is 507 g/mol. The predicted octanol–water partition coefficient (Wildman–Crippen LogP) is 7.63. The van der Waals surface area contributed by atoms with Gasteiger partial charge in [0.1, 0.15) is 0 Å². The number of aromatic amines is 1. The first-order valence-electron chi connectivity index (χ1n) is 14.4. The van der Waals surface area contributed by atoms with Gasteiger partial charge in [0.05, 0.1) is 26.4 Å². The molecule has 0 saturated heterocycles. The van der Waals surface area contributed by atoms with Crippen molar-refractivity contribution in [2.24, 2.45) is 5.41 Å². The molecule has 0 saturated carbocycles. The van der Waals surface area contributed by atoms with Gasteiger partial charge in [-0.15, -0.1) is 0 Å². The summed E-state index contributed by atoms with van der Waals surface area (Å²) in [4.78, 5) is 28.1. The minimum atomic E-state index is -0.563. The average molecular weight is 508 g/mol. The van der Waals surface area contributed by atoms with Gasteiger partial charge in [0, 0.05) is 5.41 Å². The molecule has 1 aliphatic rings. The van der Waals surface area contributed by atoms with Crippen molar-refractivity contribution in [1.29, 1.82) is 0 Å². The standard InChI is InChI=1S/C29H49NO6/c1-5-9-11-13-15-17-19-29(20-18-16-14-12-10-6-2)21-35-25-23(27(31)33-7-3)30-24(26(25)36-22-29)28(32)34-8-4/h30H,5-22H2,1-4H3. The Balaban J connectivity index is 2.18. The van der Waals surface area contributed by atoms with Crippen molar-refractivity contribution in [2.45, 2.75) is 118 Å². The summed E-state index contributed by atoms with van der Waals surface area (Å²) in [5.74, 6) is -0.590. The molecule has 2 heterocycles. The Morgan fingerprint density at radius 1 is 0.667 bits per heavy atom. The number of nitrogens with one attached hydrogen (secondary N) is 1. The Morgan fingerprint density at radius 2 is 1.06 bits per heavy atom. The van der Waals surface area contributed by atoms with Gasteiger partial charge in [-0.05, 0) is 26.7 Å². The van der Waals surface area contributed by atoms with Crippen LogP contribution >= 0.6 is 0 Å². The van der Waals surface area contributed by atoms with Crippen molar-refractivity contribution in [3.63, 3.8) is 0 Å². The molecule has 1 aromatic rings. The zero-order valence-corrected chi connectivity index (χ0v) is 23.2. The quantitative estimate of drug-likeness (QED) is 0.162. The van der Waals surface area contributed by atoms with Crippen LogP contribution in [-0.4, -0.2) is 43.4 Å². The lowest BCUT2D eigenvalue weighted by Crippen LogP contribution is -2.34. The zero-order chi connectivity index (χ0) is 26.2. The summed E-state index contributed by atoms with van der Waals surface area (Å²) in [6.45, 7) is 9.32. The Morgan fingerprint density at radius 3 is 1.44 bits per heavy atom. The maximum atomic E-state index is 12.6. The lowest BCUT2D eigenvalue weighted by Gasteiger charge is -2.31. The summed E-state index contributed by atoms with van der Waals surface area (Å²) >= 11 is 0. The van der Waals surface area contributed by atoms with Gasteiger partial charge >= 0.3 is 11.9 Å². The van der Waals surface area contributed by atoms with Gasteiger partial charge in [-0.2, -0.15) is 0 Å². The second-order valence-electron chi connectivity index (χ2n) is 10.1. The van der Waals surface area contributed by atoms with Crippen LogP contribution in [0.4, 0.5) is 0 Å². The number of rotatable bonds is 18. The molecule has 1 aromatic heterocycles. The predicted molar refractivity (Wildman–Crippen MR) is 142 cm³/mol. The first kappa shape index (κ1) is 30.0. The lowest BCUT2D eigenvalue weighted by molar-refractivity contribution is 0.0496. The van der Waals surface area contributed by atoms with Crippen LogP contribution in [0, 0.1) is 5.41 Å². The number of hydrogen-bond donors (Lipinski definition) is 1. The maximum Gasteiger partial charge on any atom is 0.358 e. The van der Waals surface area contributed by atoms with E-state index in [1.807, 2.05) is 0 Å². The molecule has 2 rings (SSSR count). The fourth-order valence-corrected chi connectivity index (χ4v) is 4.90. The van der Waals surface area contributed by atoms with E-state index in [1.165, 1.54) is 64.2 Å². The largest absolute Gasteiger partial charge is 0.487 e. The van der Waals surface area contributed by atoms with Crippen LogP contribution in [0.25, 0.3) is 0 Å². The summed E-state index contributed by atoms with van der Waals surface area (Å²) in [5.41, 5.74) is 0.0778. The van der Waals surface area contributed by atoms with Crippen molar-refractivity contribution in [2.75, 3.05) is 26.4 Å². The Bertz CT molecular complexity index is 724. The highest BCUT2D eigenvalue weighted by Crippen LogP contribution is 2.44. The van der Waals surface area contributed by atoms with Crippen molar-refractivity contribution in [3.8, 4) is 11.5 Å². The van der Waals surface area contributed by atoms with Gasteiger partial charge in [-0.1, -0.05) is 90.9 Å². The third-order valence-corrected chi connectivity index (χ3v) is 7.04. The fourth-order valence-electron chi connectivity index (χ4n) is 4.90. The van der Waals surface area contributed by atoms with Gasteiger partial charge in [0.2, 0.25) is 0 Å². The molecule has 1 aliphatic heterocycles. The van der Waals surface area contributed by atoms with E-state index in [9.17, 15) is 9.59 Å². The molecule has 0 aromatic carbocycles. The maximum absolute atomic E-state index is 12.6. The summed E-state index contributed by atoms with van der Waals surface area (Å²) in [6, 6.07) is 0. The molecule has 0 unspecified atom stereocenters. The van der Waals surface area contributed by atoms with E-state index in [4.69, 9.17) is 18.9 Å². The van der Waals surface area contributed by atoms with Gasteiger partial charge in [0.15, 0.2) is 22.9 Å². The number of ether oxygens (including phenoxy) is 4. The number of hydrogen-bond acceptors (Lipinski definition) is 6. The summed E-state index contributed by atoms with van der Waals surface area (Å²) in [5, 5.41) is 0. The van der Waals surface area contributed by atoms with E-state index in [0.29, 0.717) is 13.2 Å². The third kappa shape index (κ3) is 9.04. The molecule has 0 fully saturated rings. The smallest absolute Gasteiger partial charge is 0.358 e. The van der Waals surface area contributed by atoms with E-state index in [1.54, 1.807) is 13.8 Å². The number of carbonyl (C=O) groups is 2. The summed E-state index contributed by atoms with van der Waals surface area (Å²) < 4.78 is 23.0. The average Bonchev–Trinajstić information content (AvgIpc) is 3.14. The van der Waals surface area contributed by atoms with Crippen molar-refractivity contribution in [3.05, 3.63) is 11.4 Å². The number of H-pyrrole nitrogens is 1. The molecule has 1 N–H and O–H groups in total. The highest BCUT2D eigenvalue weighted by atomic mass is 16.6. The first-order valence-corrected chi connectivity index (χ1v) is 14.4. The van der Waals surface area contributed by atoms with E-state index in [2.05, 4.69) is 18.8 Å². The molecule has 206 valence electrons. The SMILES string of the molecule is CCCCCCCCC1(CCCCCCCC)COc2c(C(=O)OCC)[nH]c(C(=O)OCC)c2OC1. The van der Waals surface area contributed by atoms with Crippen LogP contribution in [0.1, 0.15) is 139 Å². The van der Waals surface area contributed by atoms with E-state index in [0.717, 1.165) is 25.7 Å². The van der Waals surface area contributed by atoms with Crippen LogP contribution < -0.4 is 9.47 Å². The number of fused-ring (bicyclic) bond motifs is 1. The van der Waals surface area contributed by atoms with Gasteiger partial charge in [0.25, 0.3) is 0 Å². The molecular weight excluding hydrogens is 458 g/mol. The molecular formula is C29H49NO6. The molecule has 0 bridgehead atoms. The number of esters is 2. The van der Waals surface area contributed by atoms with Gasteiger partial charge in [-0.3, -0.25) is 0 Å². The molecule has 0 atom stereocenters. The van der Waals surface area contributed by atoms with E-state index in [-0.39, 0.29) is 41.5 Å². The molecule has 7 heteroatoms. The molecule has 0 aliphatic carbocycles. The fraction of sp³-hybridized carbons (Fsp3) is 0.793. The second kappa shape index (κ2) is 16.5. The Kier molecular flexibility index (Phi) is 13.8. The Labute approximate surface area is 218 Å². The van der Waals surface area contributed by atoms with Gasteiger partial charge < -0.3 is 23.9 Å². The first-order chi connectivity index (χ1) is 17.5. The third-order valence-electron chi connectivity index (χ3n) is 7.04. The summed E-state index contributed by atoms with van der Waals surface area (Å²) in [7, 11) is 0. The van der Waals surface area contributed by atoms with Crippen LogP contribution in [0.5, 0.6) is 11.5 Å². The molecule has 36 heavy (non-hydrogen) atoms. The van der Waals surface area contributed by atoms with Crippen molar-refractivity contribution in [1.82, 2.24) is 4.98 Å². The van der Waals surface area contributed by atoms with E-state index < -0.39 is 11.9 Å². The highest BCUT2D eigenvalue weighted by Gasteiger charge is 2.39. The minimum Gasteiger partial charge on any atom is -0.487 e. The minimum absolute atomic E-state index is 0.116. The molecule has 7 nitrogen and oxygen atoms in total. The van der Waals surface area contributed by atoms with Crippen LogP contribution in [0.15, 0.2) is 0 Å². The van der Waals surface area contributed by atoms with Crippen molar-refractivity contribution < 1.29 is 28.5 Å². The summed E-state index contributed by atoms with van der Waals surface area (Å²) in [6.07, 6.45) is 16.8. The van der Waals surface area contributed by atoms with Crippen LogP contribution in [0.3, 0.4) is 0 Å². The van der Waals surface area contributed by atoms with Gasteiger partial charge in [-0.25, -0.2) is 9.59 Å². The molecule has 0 spiro atoms. The number of aromatic nitrogens is 1. The Hall–Kier alpha value is -2.18. The number of unbranched alkanes of at least 4 members (excludes halogenated alkanes) is 10. The lowest BCUT2D eigenvalue weighted by atomic mass is 9.79. The topological polar surface area (TPSA) is 86.9 Å². The van der Waals surface area contributed by atoms with Crippen LogP contribution in [-0.2, 0) is 9.47 Å². The second-order valence-corrected chi connectivity index (χ2v) is 10.1.